The van der Waals surface area contributed by atoms with Gasteiger partial charge in [0.2, 0.25) is 5.89 Å². The highest BCUT2D eigenvalue weighted by Gasteiger charge is 2.20. The maximum Gasteiger partial charge on any atom is 0.437 e. The minimum Gasteiger partial charge on any atom is -0.434 e. The number of nitrogens with zero attached hydrogens (tertiary/aromatic N) is 2. The van der Waals surface area contributed by atoms with Gasteiger partial charge in [-0.2, -0.15) is 13.5 Å². The van der Waals surface area contributed by atoms with Crippen LogP contribution in [-0.4, -0.2) is 22.3 Å². The quantitative estimate of drug-likeness (QED) is 0.398. The van der Waals surface area contributed by atoms with Crippen molar-refractivity contribution in [3.8, 4) is 27.6 Å². The SMILES string of the molecule is Cn1nc(-c2ccc(OC(F)F)c(-c3ccc(C(=O)Nc4c(F)cccc4F)s3)c2)oc1=O. The summed E-state index contributed by atoms with van der Waals surface area (Å²) in [7, 11) is 1.38. The van der Waals surface area contributed by atoms with Crippen molar-refractivity contribution in [3.63, 3.8) is 0 Å². The number of carbonyl (C=O) groups excluding carboxylic acids is 1. The maximum atomic E-state index is 13.8. The highest BCUT2D eigenvalue weighted by molar-refractivity contribution is 7.17. The predicted octanol–water partition coefficient (Wildman–Crippen LogP) is 4.90. The number of nitrogens with one attached hydrogen (secondary N) is 1. The third-order valence-corrected chi connectivity index (χ3v) is 5.55. The van der Waals surface area contributed by atoms with Gasteiger partial charge in [-0.05, 0) is 42.5 Å². The Morgan fingerprint density at radius 2 is 1.88 bits per heavy atom. The van der Waals surface area contributed by atoms with E-state index in [1.807, 2.05) is 0 Å². The molecule has 0 fully saturated rings. The summed E-state index contributed by atoms with van der Waals surface area (Å²) in [5.41, 5.74) is -0.134. The molecule has 4 aromatic rings. The van der Waals surface area contributed by atoms with Crippen molar-refractivity contribution >= 4 is 22.9 Å². The minimum absolute atomic E-state index is 0.0445. The third kappa shape index (κ3) is 4.65. The van der Waals surface area contributed by atoms with E-state index >= 15 is 0 Å². The van der Waals surface area contributed by atoms with Crippen LogP contribution < -0.4 is 15.8 Å². The third-order valence-electron chi connectivity index (χ3n) is 4.43. The van der Waals surface area contributed by atoms with E-state index in [1.54, 1.807) is 0 Å². The number of para-hydroxylation sites is 1. The molecular formula is C21H13F4N3O4S. The van der Waals surface area contributed by atoms with Crippen LogP contribution in [0.15, 0.2) is 57.7 Å². The predicted molar refractivity (Wildman–Crippen MR) is 111 cm³/mol. The molecule has 0 unspecified atom stereocenters. The lowest BCUT2D eigenvalue weighted by Crippen LogP contribution is -2.12. The molecule has 0 aliphatic rings. The van der Waals surface area contributed by atoms with E-state index in [0.717, 1.165) is 34.2 Å². The number of halogens is 4. The van der Waals surface area contributed by atoms with Gasteiger partial charge in [0.25, 0.3) is 5.91 Å². The Morgan fingerprint density at radius 3 is 2.52 bits per heavy atom. The van der Waals surface area contributed by atoms with Gasteiger partial charge >= 0.3 is 12.4 Å². The van der Waals surface area contributed by atoms with E-state index in [2.05, 4.69) is 15.2 Å². The zero-order valence-corrected chi connectivity index (χ0v) is 17.5. The molecule has 0 bridgehead atoms. The summed E-state index contributed by atoms with van der Waals surface area (Å²) in [6.07, 6.45) is 0. The van der Waals surface area contributed by atoms with Crippen molar-refractivity contribution in [1.29, 1.82) is 0 Å². The molecule has 1 amide bonds. The Labute approximate surface area is 186 Å². The Bertz CT molecular complexity index is 1380. The Hall–Kier alpha value is -3.93. The molecule has 2 heterocycles. The van der Waals surface area contributed by atoms with E-state index in [9.17, 15) is 27.2 Å². The van der Waals surface area contributed by atoms with Crippen LogP contribution in [0.1, 0.15) is 9.67 Å². The van der Waals surface area contributed by atoms with Crippen LogP contribution in [0.25, 0.3) is 21.9 Å². The topological polar surface area (TPSA) is 86.4 Å². The maximum absolute atomic E-state index is 13.8. The lowest BCUT2D eigenvalue weighted by atomic mass is 10.1. The van der Waals surface area contributed by atoms with Gasteiger partial charge in [0.15, 0.2) is 0 Å². The van der Waals surface area contributed by atoms with Crippen LogP contribution in [0.4, 0.5) is 23.2 Å². The minimum atomic E-state index is -3.12. The standard InChI is InChI=1S/C21H13F4N3O4S/c1-28-21(30)32-19(27-28)10-5-6-14(31-20(24)25)11(9-10)15-7-8-16(33-15)18(29)26-17-12(22)3-2-4-13(17)23/h2-9,20H,1H3,(H,26,29). The smallest absolute Gasteiger partial charge is 0.434 e. The monoisotopic (exact) mass is 479 g/mol. The number of thiophene rings is 1. The zero-order valence-electron chi connectivity index (χ0n) is 16.6. The van der Waals surface area contributed by atoms with Crippen LogP contribution in [-0.2, 0) is 7.05 Å². The summed E-state index contributed by atoms with van der Waals surface area (Å²) >= 11 is 0.879. The zero-order chi connectivity index (χ0) is 23.7. The summed E-state index contributed by atoms with van der Waals surface area (Å²) in [6.45, 7) is -3.12. The average Bonchev–Trinajstić information content (AvgIpc) is 3.38. The summed E-state index contributed by atoms with van der Waals surface area (Å²) in [6, 6.07) is 10.0. The van der Waals surface area contributed by atoms with E-state index in [4.69, 9.17) is 4.42 Å². The van der Waals surface area contributed by atoms with Crippen LogP contribution in [0.5, 0.6) is 5.75 Å². The van der Waals surface area contributed by atoms with Crippen LogP contribution >= 0.6 is 11.3 Å². The van der Waals surface area contributed by atoms with E-state index in [-0.39, 0.29) is 22.1 Å². The fourth-order valence-corrected chi connectivity index (χ4v) is 3.84. The summed E-state index contributed by atoms with van der Waals surface area (Å²) in [4.78, 5) is 24.5. The number of rotatable bonds is 6. The number of hydrogen-bond acceptors (Lipinski definition) is 6. The largest absolute Gasteiger partial charge is 0.437 e. The summed E-state index contributed by atoms with van der Waals surface area (Å²) in [5, 5.41) is 6.08. The second kappa shape index (κ2) is 8.90. The van der Waals surface area contributed by atoms with Gasteiger partial charge < -0.3 is 14.5 Å². The van der Waals surface area contributed by atoms with Gasteiger partial charge in [0, 0.05) is 23.1 Å². The van der Waals surface area contributed by atoms with Crippen molar-refractivity contribution in [2.75, 3.05) is 5.32 Å². The van der Waals surface area contributed by atoms with Crippen molar-refractivity contribution in [2.24, 2.45) is 7.05 Å². The van der Waals surface area contributed by atoms with Crippen LogP contribution in [0, 0.1) is 11.6 Å². The highest BCUT2D eigenvalue weighted by Crippen LogP contribution is 2.38. The second-order valence-electron chi connectivity index (χ2n) is 6.60. The first-order valence-corrected chi connectivity index (χ1v) is 10.0. The van der Waals surface area contributed by atoms with E-state index in [0.29, 0.717) is 10.4 Å². The molecule has 0 spiro atoms. The normalized spacial score (nSPS) is 11.1. The number of anilines is 1. The van der Waals surface area contributed by atoms with Crippen molar-refractivity contribution in [1.82, 2.24) is 9.78 Å². The molecule has 0 aliphatic carbocycles. The number of carbonyl (C=O) groups is 1. The van der Waals surface area contributed by atoms with Crippen LogP contribution in [0.2, 0.25) is 0 Å². The number of ether oxygens (including phenoxy) is 1. The fourth-order valence-electron chi connectivity index (χ4n) is 2.91. The van der Waals surface area contributed by atoms with E-state index in [1.165, 1.54) is 37.4 Å². The molecule has 0 saturated heterocycles. The molecule has 2 aromatic carbocycles. The molecule has 1 N–H and O–H groups in total. The highest BCUT2D eigenvalue weighted by atomic mass is 32.1. The molecule has 4 rings (SSSR count). The number of amides is 1. The first-order valence-electron chi connectivity index (χ1n) is 9.22. The lowest BCUT2D eigenvalue weighted by Gasteiger charge is -2.10. The Morgan fingerprint density at radius 1 is 1.15 bits per heavy atom. The van der Waals surface area contributed by atoms with Gasteiger partial charge in [-0.3, -0.25) is 4.79 Å². The first-order chi connectivity index (χ1) is 15.7. The van der Waals surface area contributed by atoms with Gasteiger partial charge in [-0.15, -0.1) is 16.4 Å². The van der Waals surface area contributed by atoms with Gasteiger partial charge in [-0.1, -0.05) is 6.07 Å². The molecular weight excluding hydrogens is 466 g/mol. The molecule has 0 saturated carbocycles. The number of benzene rings is 2. The molecule has 0 atom stereocenters. The van der Waals surface area contributed by atoms with Crippen molar-refractivity contribution in [2.45, 2.75) is 6.61 Å². The lowest BCUT2D eigenvalue weighted by molar-refractivity contribution is -0.0494. The van der Waals surface area contributed by atoms with Crippen molar-refractivity contribution < 1.29 is 31.5 Å². The fraction of sp³-hybridized carbons (Fsp3) is 0.0952. The van der Waals surface area contributed by atoms with Gasteiger partial charge in [0.1, 0.15) is 23.1 Å². The van der Waals surface area contributed by atoms with Crippen LogP contribution in [0.3, 0.4) is 0 Å². The number of hydrogen-bond donors (Lipinski definition) is 1. The number of alkyl halides is 2. The van der Waals surface area contributed by atoms with Crippen molar-refractivity contribution in [3.05, 3.63) is 75.6 Å². The summed E-state index contributed by atoms with van der Waals surface area (Å²) in [5.74, 6) is -3.64. The summed E-state index contributed by atoms with van der Waals surface area (Å²) < 4.78 is 64.1. The first kappa shape index (κ1) is 22.3. The van der Waals surface area contributed by atoms with E-state index < -0.39 is 35.6 Å². The van der Waals surface area contributed by atoms with Gasteiger partial charge in [-0.25, -0.2) is 13.6 Å². The molecule has 170 valence electrons. The molecule has 7 nitrogen and oxygen atoms in total. The molecule has 33 heavy (non-hydrogen) atoms. The molecule has 12 heteroatoms. The number of aryl methyl sites for hydroxylation is 1. The molecule has 2 aromatic heterocycles. The second-order valence-corrected chi connectivity index (χ2v) is 7.68. The Balaban J connectivity index is 1.70. The number of aromatic nitrogens is 2. The van der Waals surface area contributed by atoms with Gasteiger partial charge in [0.05, 0.1) is 4.88 Å². The molecule has 0 aliphatic heterocycles. The average molecular weight is 479 g/mol. The molecule has 0 radical (unpaired) electrons. The Kier molecular flexibility index (Phi) is 6.01.